The van der Waals surface area contributed by atoms with Crippen LogP contribution in [0.1, 0.15) is 76.8 Å². The lowest BCUT2D eigenvalue weighted by atomic mass is 9.71. The maximum Gasteiger partial charge on any atom is 0.315 e. The molecule has 0 aliphatic rings. The van der Waals surface area contributed by atoms with Crippen molar-refractivity contribution in [3.05, 3.63) is 71.8 Å². The fourth-order valence-electron chi connectivity index (χ4n) is 4.82. The zero-order valence-electron chi connectivity index (χ0n) is 22.2. The minimum absolute atomic E-state index is 0.0282. The SMILES string of the molecule is COC(=O)C(C)(CCCCC[S+]([O-])CCCCC(C)C(C)(C(=O)O)c1ccccc1)c1ccccc1. The number of carbonyl (C=O) groups is 2. The van der Waals surface area contributed by atoms with E-state index in [1.807, 2.05) is 74.5 Å². The first-order chi connectivity index (χ1) is 17.2. The lowest BCUT2D eigenvalue weighted by Crippen LogP contribution is -2.39. The molecular formula is C30H42O5S. The van der Waals surface area contributed by atoms with Crippen LogP contribution in [0.15, 0.2) is 60.7 Å². The number of carbonyl (C=O) groups excluding carboxylic acids is 1. The summed E-state index contributed by atoms with van der Waals surface area (Å²) >= 11 is -0.880. The normalized spacial score (nSPS) is 16.4. The molecular weight excluding hydrogens is 472 g/mol. The summed E-state index contributed by atoms with van der Waals surface area (Å²) in [5, 5.41) is 9.93. The standard InChI is InChI=1S/C30H42O5S/c1-24(30(3,27(31)32)26-19-10-6-11-20-26)16-12-15-23-36(34)22-14-7-13-21-29(2,28(33)35-4)25-17-8-5-9-18-25/h5-6,8-11,17-20,24H,7,12-16,21-23H2,1-4H3,(H,31,32). The number of ether oxygens (including phenoxy) is 1. The van der Waals surface area contributed by atoms with E-state index in [0.29, 0.717) is 17.9 Å². The minimum atomic E-state index is -0.932. The highest BCUT2D eigenvalue weighted by molar-refractivity contribution is 7.91. The van der Waals surface area contributed by atoms with E-state index in [0.717, 1.165) is 49.7 Å². The number of esters is 1. The van der Waals surface area contributed by atoms with Crippen LogP contribution in [0.3, 0.4) is 0 Å². The molecule has 0 radical (unpaired) electrons. The molecule has 0 aliphatic carbocycles. The van der Waals surface area contributed by atoms with Crippen LogP contribution in [-0.4, -0.2) is 40.2 Å². The summed E-state index contributed by atoms with van der Waals surface area (Å²) in [5.74, 6) is 0.246. The van der Waals surface area contributed by atoms with E-state index in [1.54, 1.807) is 6.92 Å². The topological polar surface area (TPSA) is 86.7 Å². The number of carboxylic acids is 1. The van der Waals surface area contributed by atoms with Crippen LogP contribution in [0.5, 0.6) is 0 Å². The van der Waals surface area contributed by atoms with E-state index in [9.17, 15) is 19.2 Å². The molecule has 0 amide bonds. The second kappa shape index (κ2) is 14.4. The van der Waals surface area contributed by atoms with Gasteiger partial charge in [-0.25, -0.2) is 0 Å². The van der Waals surface area contributed by atoms with Gasteiger partial charge in [-0.05, 0) is 69.4 Å². The highest BCUT2D eigenvalue weighted by Gasteiger charge is 2.40. The highest BCUT2D eigenvalue weighted by atomic mass is 32.2. The molecule has 0 bridgehead atoms. The molecule has 4 unspecified atom stereocenters. The van der Waals surface area contributed by atoms with Crippen molar-refractivity contribution in [2.45, 2.75) is 76.5 Å². The van der Waals surface area contributed by atoms with E-state index >= 15 is 0 Å². The van der Waals surface area contributed by atoms with Gasteiger partial charge >= 0.3 is 11.9 Å². The van der Waals surface area contributed by atoms with Gasteiger partial charge in [0.15, 0.2) is 0 Å². The molecule has 1 N–H and O–H groups in total. The second-order valence-corrected chi connectivity index (χ2v) is 11.8. The summed E-state index contributed by atoms with van der Waals surface area (Å²) in [7, 11) is 1.43. The van der Waals surface area contributed by atoms with Crippen molar-refractivity contribution in [3.8, 4) is 0 Å². The molecule has 0 saturated heterocycles. The quantitative estimate of drug-likeness (QED) is 0.162. The molecule has 2 aromatic carbocycles. The Morgan fingerprint density at radius 3 is 1.94 bits per heavy atom. The average molecular weight is 515 g/mol. The number of hydrogen-bond donors (Lipinski definition) is 1. The maximum atomic E-state index is 12.5. The van der Waals surface area contributed by atoms with Crippen LogP contribution >= 0.6 is 0 Å². The predicted octanol–water partition coefficient (Wildman–Crippen LogP) is 6.28. The summed E-state index contributed by atoms with van der Waals surface area (Å²) in [6.45, 7) is 5.73. The van der Waals surface area contributed by atoms with Crippen molar-refractivity contribution >= 4 is 23.1 Å². The zero-order valence-corrected chi connectivity index (χ0v) is 23.0. The van der Waals surface area contributed by atoms with E-state index < -0.39 is 28.0 Å². The van der Waals surface area contributed by atoms with Crippen LogP contribution in [0.4, 0.5) is 0 Å². The third-order valence-corrected chi connectivity index (χ3v) is 9.15. The van der Waals surface area contributed by atoms with Crippen LogP contribution in [0, 0.1) is 5.92 Å². The van der Waals surface area contributed by atoms with Gasteiger partial charge in [-0.15, -0.1) is 0 Å². The molecule has 0 fully saturated rings. The van der Waals surface area contributed by atoms with Crippen LogP contribution in [-0.2, 0) is 36.3 Å². The number of methoxy groups -OCH3 is 1. The van der Waals surface area contributed by atoms with Crippen molar-refractivity contribution in [1.29, 1.82) is 0 Å². The third-order valence-electron chi connectivity index (χ3n) is 7.66. The Bertz CT molecular complexity index is 935. The predicted molar refractivity (Wildman–Crippen MR) is 147 cm³/mol. The fourth-order valence-corrected chi connectivity index (χ4v) is 6.08. The summed E-state index contributed by atoms with van der Waals surface area (Å²) in [6, 6.07) is 19.2. The first kappa shape index (κ1) is 29.9. The zero-order chi connectivity index (χ0) is 26.6. The number of hydrogen-bond acceptors (Lipinski definition) is 4. The van der Waals surface area contributed by atoms with Gasteiger partial charge in [-0.3, -0.25) is 9.59 Å². The van der Waals surface area contributed by atoms with Crippen LogP contribution in [0.25, 0.3) is 0 Å². The Hall–Kier alpha value is -2.31. The van der Waals surface area contributed by atoms with Gasteiger partial charge in [-0.2, -0.15) is 0 Å². The smallest absolute Gasteiger partial charge is 0.315 e. The van der Waals surface area contributed by atoms with Gasteiger partial charge < -0.3 is 14.4 Å². The summed E-state index contributed by atoms with van der Waals surface area (Å²) < 4.78 is 17.6. The van der Waals surface area contributed by atoms with Crippen LogP contribution in [0.2, 0.25) is 0 Å². The van der Waals surface area contributed by atoms with Gasteiger partial charge in [0.1, 0.15) is 11.5 Å². The molecule has 0 heterocycles. The molecule has 198 valence electrons. The Morgan fingerprint density at radius 1 is 0.889 bits per heavy atom. The number of unbranched alkanes of at least 4 members (excludes halogenated alkanes) is 3. The summed E-state index contributed by atoms with van der Waals surface area (Å²) in [4.78, 5) is 24.6. The highest BCUT2D eigenvalue weighted by Crippen LogP contribution is 2.35. The number of aliphatic carboxylic acids is 1. The fraction of sp³-hybridized carbons (Fsp3) is 0.533. The minimum Gasteiger partial charge on any atom is -0.616 e. The van der Waals surface area contributed by atoms with Gasteiger partial charge in [0, 0.05) is 0 Å². The maximum absolute atomic E-state index is 12.5. The van der Waals surface area contributed by atoms with Crippen LogP contribution < -0.4 is 0 Å². The Labute approximate surface area is 219 Å². The first-order valence-corrected chi connectivity index (χ1v) is 14.4. The summed E-state index contributed by atoms with van der Waals surface area (Å²) in [6.07, 6.45) is 5.80. The van der Waals surface area contributed by atoms with Gasteiger partial charge in [-0.1, -0.05) is 85.2 Å². The second-order valence-electron chi connectivity index (χ2n) is 10.1. The number of rotatable bonds is 16. The molecule has 0 aromatic heterocycles. The number of benzene rings is 2. The molecule has 4 atom stereocenters. The molecule has 36 heavy (non-hydrogen) atoms. The largest absolute Gasteiger partial charge is 0.616 e. The van der Waals surface area contributed by atoms with Crippen molar-refractivity contribution in [1.82, 2.24) is 0 Å². The van der Waals surface area contributed by atoms with Gasteiger partial charge in [0.2, 0.25) is 0 Å². The van der Waals surface area contributed by atoms with Gasteiger partial charge in [0.05, 0.1) is 17.9 Å². The molecule has 0 aliphatic heterocycles. The van der Waals surface area contributed by atoms with E-state index in [4.69, 9.17) is 4.74 Å². The molecule has 2 rings (SSSR count). The third kappa shape index (κ3) is 7.84. The Balaban J connectivity index is 1.71. The Kier molecular flexibility index (Phi) is 12.0. The molecule has 0 spiro atoms. The van der Waals surface area contributed by atoms with Crippen molar-refractivity contribution in [3.63, 3.8) is 0 Å². The van der Waals surface area contributed by atoms with Crippen molar-refractivity contribution in [2.75, 3.05) is 18.6 Å². The van der Waals surface area contributed by atoms with E-state index in [1.165, 1.54) is 7.11 Å². The van der Waals surface area contributed by atoms with E-state index in [2.05, 4.69) is 0 Å². The Morgan fingerprint density at radius 2 is 1.42 bits per heavy atom. The molecule has 6 heteroatoms. The monoisotopic (exact) mass is 514 g/mol. The number of carboxylic acid groups (broad SMARTS) is 1. The van der Waals surface area contributed by atoms with Crippen molar-refractivity contribution < 1.29 is 24.0 Å². The van der Waals surface area contributed by atoms with Gasteiger partial charge in [0.25, 0.3) is 0 Å². The summed E-state index contributed by atoms with van der Waals surface area (Å²) in [5.41, 5.74) is 0.180. The molecule has 5 nitrogen and oxygen atoms in total. The average Bonchev–Trinajstić information content (AvgIpc) is 2.90. The van der Waals surface area contributed by atoms with E-state index in [-0.39, 0.29) is 11.9 Å². The first-order valence-electron chi connectivity index (χ1n) is 12.9. The van der Waals surface area contributed by atoms with Crippen molar-refractivity contribution in [2.24, 2.45) is 5.92 Å². The lowest BCUT2D eigenvalue weighted by molar-refractivity contribution is -0.147. The lowest BCUT2D eigenvalue weighted by Gasteiger charge is -2.32. The molecule has 2 aromatic rings. The molecule has 0 saturated carbocycles.